The van der Waals surface area contributed by atoms with Crippen LogP contribution in [0.5, 0.6) is 0 Å². The summed E-state index contributed by atoms with van der Waals surface area (Å²) in [4.78, 5) is 0. The lowest BCUT2D eigenvalue weighted by molar-refractivity contribution is 0.482. The van der Waals surface area contributed by atoms with E-state index in [1.54, 1.807) is 0 Å². The highest BCUT2D eigenvalue weighted by atomic mass is 14.9. The van der Waals surface area contributed by atoms with E-state index in [1.165, 1.54) is 43.2 Å². The summed E-state index contributed by atoms with van der Waals surface area (Å²) in [6.07, 6.45) is 6.74. The molecule has 96 valence electrons. The van der Waals surface area contributed by atoms with Crippen LogP contribution in [-0.4, -0.2) is 6.04 Å². The van der Waals surface area contributed by atoms with Crippen molar-refractivity contribution in [3.05, 3.63) is 35.4 Å². The van der Waals surface area contributed by atoms with Gasteiger partial charge in [0, 0.05) is 12.6 Å². The van der Waals surface area contributed by atoms with Crippen molar-refractivity contribution >= 4 is 0 Å². The van der Waals surface area contributed by atoms with Gasteiger partial charge in [-0.15, -0.1) is 0 Å². The van der Waals surface area contributed by atoms with Gasteiger partial charge in [0.1, 0.15) is 0 Å². The molecule has 0 aliphatic heterocycles. The quantitative estimate of drug-likeness (QED) is 0.654. The number of hydrogen-bond donors (Lipinski definition) is 1. The molecule has 1 N–H and O–H groups in total. The van der Waals surface area contributed by atoms with E-state index >= 15 is 0 Å². The van der Waals surface area contributed by atoms with Crippen molar-refractivity contribution in [2.24, 2.45) is 0 Å². The van der Waals surface area contributed by atoms with Crippen LogP contribution in [0, 0.1) is 6.92 Å². The molecular formula is C16H27N. The molecule has 0 aliphatic carbocycles. The monoisotopic (exact) mass is 233 g/mol. The summed E-state index contributed by atoms with van der Waals surface area (Å²) in [5.74, 6) is 0. The van der Waals surface area contributed by atoms with E-state index in [2.05, 4.69) is 50.4 Å². The Hall–Kier alpha value is -0.820. The van der Waals surface area contributed by atoms with E-state index in [1.807, 2.05) is 0 Å². The molecule has 0 radical (unpaired) electrons. The molecule has 0 saturated carbocycles. The zero-order valence-electron chi connectivity index (χ0n) is 11.6. The molecule has 1 nitrogen and oxygen atoms in total. The molecule has 0 spiro atoms. The fourth-order valence-electron chi connectivity index (χ4n) is 2.09. The SMILES string of the molecule is CCCCCCC(C)NCc1cccc(C)c1. The minimum absolute atomic E-state index is 0.632. The molecule has 1 heteroatoms. The lowest BCUT2D eigenvalue weighted by Crippen LogP contribution is -2.25. The average molecular weight is 233 g/mol. The Kier molecular flexibility index (Phi) is 6.95. The Bertz CT molecular complexity index is 306. The van der Waals surface area contributed by atoms with Crippen LogP contribution in [0.1, 0.15) is 57.1 Å². The van der Waals surface area contributed by atoms with Gasteiger partial charge in [-0.25, -0.2) is 0 Å². The summed E-state index contributed by atoms with van der Waals surface area (Å²) in [7, 11) is 0. The number of aryl methyl sites for hydroxylation is 1. The first-order valence-corrected chi connectivity index (χ1v) is 7.01. The zero-order chi connectivity index (χ0) is 12.5. The van der Waals surface area contributed by atoms with Gasteiger partial charge in [0.05, 0.1) is 0 Å². The number of unbranched alkanes of at least 4 members (excludes halogenated alkanes) is 3. The molecule has 0 amide bonds. The lowest BCUT2D eigenvalue weighted by atomic mass is 10.1. The molecule has 0 bridgehead atoms. The highest BCUT2D eigenvalue weighted by Gasteiger charge is 2.01. The van der Waals surface area contributed by atoms with Gasteiger partial charge in [0.25, 0.3) is 0 Å². The maximum atomic E-state index is 3.60. The van der Waals surface area contributed by atoms with E-state index in [0.717, 1.165) is 6.54 Å². The molecule has 1 atom stereocenters. The highest BCUT2D eigenvalue weighted by molar-refractivity contribution is 5.21. The van der Waals surface area contributed by atoms with E-state index in [-0.39, 0.29) is 0 Å². The molecule has 0 aliphatic rings. The third-order valence-electron chi connectivity index (χ3n) is 3.23. The van der Waals surface area contributed by atoms with Gasteiger partial charge >= 0.3 is 0 Å². The first-order chi connectivity index (χ1) is 8.22. The molecule has 0 saturated heterocycles. The summed E-state index contributed by atoms with van der Waals surface area (Å²) < 4.78 is 0. The lowest BCUT2D eigenvalue weighted by Gasteiger charge is -2.13. The van der Waals surface area contributed by atoms with Crippen LogP contribution in [0.2, 0.25) is 0 Å². The van der Waals surface area contributed by atoms with Gasteiger partial charge in [0.2, 0.25) is 0 Å². The minimum atomic E-state index is 0.632. The summed E-state index contributed by atoms with van der Waals surface area (Å²) in [6.45, 7) is 7.70. The van der Waals surface area contributed by atoms with E-state index in [0.29, 0.717) is 6.04 Å². The number of hydrogen-bond acceptors (Lipinski definition) is 1. The molecular weight excluding hydrogens is 206 g/mol. The molecule has 1 aromatic carbocycles. The van der Waals surface area contributed by atoms with Crippen LogP contribution in [0.25, 0.3) is 0 Å². The van der Waals surface area contributed by atoms with Gasteiger partial charge in [-0.2, -0.15) is 0 Å². The maximum Gasteiger partial charge on any atom is 0.0208 e. The number of rotatable bonds is 8. The van der Waals surface area contributed by atoms with Crippen LogP contribution >= 0.6 is 0 Å². The highest BCUT2D eigenvalue weighted by Crippen LogP contribution is 2.07. The number of nitrogens with one attached hydrogen (secondary N) is 1. The van der Waals surface area contributed by atoms with Gasteiger partial charge in [-0.1, -0.05) is 62.4 Å². The van der Waals surface area contributed by atoms with E-state index in [4.69, 9.17) is 0 Å². The first kappa shape index (κ1) is 14.2. The van der Waals surface area contributed by atoms with Crippen molar-refractivity contribution in [2.45, 2.75) is 65.5 Å². The first-order valence-electron chi connectivity index (χ1n) is 7.01. The predicted octanol–water partition coefficient (Wildman–Crippen LogP) is 4.44. The zero-order valence-corrected chi connectivity index (χ0v) is 11.6. The summed E-state index contributed by atoms with van der Waals surface area (Å²) in [6, 6.07) is 9.38. The average Bonchev–Trinajstić information content (AvgIpc) is 2.32. The molecule has 0 heterocycles. The second-order valence-corrected chi connectivity index (χ2v) is 5.12. The van der Waals surface area contributed by atoms with Crippen molar-refractivity contribution in [1.82, 2.24) is 5.32 Å². The van der Waals surface area contributed by atoms with Crippen LogP contribution in [-0.2, 0) is 6.54 Å². The summed E-state index contributed by atoms with van der Waals surface area (Å²) in [5.41, 5.74) is 2.74. The number of benzene rings is 1. The predicted molar refractivity (Wildman–Crippen MR) is 76.2 cm³/mol. The third kappa shape index (κ3) is 6.48. The van der Waals surface area contributed by atoms with Gasteiger partial charge in [0.15, 0.2) is 0 Å². The third-order valence-corrected chi connectivity index (χ3v) is 3.23. The fraction of sp³-hybridized carbons (Fsp3) is 0.625. The van der Waals surface area contributed by atoms with Crippen LogP contribution in [0.3, 0.4) is 0 Å². The Morgan fingerprint density at radius 1 is 1.18 bits per heavy atom. The molecule has 1 rings (SSSR count). The van der Waals surface area contributed by atoms with E-state index in [9.17, 15) is 0 Å². The minimum Gasteiger partial charge on any atom is -0.310 e. The summed E-state index contributed by atoms with van der Waals surface area (Å²) >= 11 is 0. The van der Waals surface area contributed by atoms with Crippen molar-refractivity contribution in [1.29, 1.82) is 0 Å². The maximum absolute atomic E-state index is 3.60. The molecule has 1 unspecified atom stereocenters. The van der Waals surface area contributed by atoms with Crippen LogP contribution < -0.4 is 5.32 Å². The van der Waals surface area contributed by atoms with Crippen molar-refractivity contribution in [2.75, 3.05) is 0 Å². The van der Waals surface area contributed by atoms with Crippen LogP contribution in [0.15, 0.2) is 24.3 Å². The van der Waals surface area contributed by atoms with Gasteiger partial charge in [-0.3, -0.25) is 0 Å². The van der Waals surface area contributed by atoms with Crippen molar-refractivity contribution in [3.8, 4) is 0 Å². The van der Waals surface area contributed by atoms with Gasteiger partial charge < -0.3 is 5.32 Å². The van der Waals surface area contributed by atoms with Crippen LogP contribution in [0.4, 0.5) is 0 Å². The van der Waals surface area contributed by atoms with Crippen molar-refractivity contribution in [3.63, 3.8) is 0 Å². The Labute approximate surface area is 107 Å². The molecule has 17 heavy (non-hydrogen) atoms. The summed E-state index contributed by atoms with van der Waals surface area (Å²) in [5, 5.41) is 3.60. The standard InChI is InChI=1S/C16H27N/c1-4-5-6-7-10-15(3)17-13-16-11-8-9-14(2)12-16/h8-9,11-12,15,17H,4-7,10,13H2,1-3H3. The largest absolute Gasteiger partial charge is 0.310 e. The van der Waals surface area contributed by atoms with Gasteiger partial charge in [-0.05, 0) is 25.8 Å². The molecule has 0 fully saturated rings. The topological polar surface area (TPSA) is 12.0 Å². The normalized spacial score (nSPS) is 12.6. The fourth-order valence-corrected chi connectivity index (χ4v) is 2.09. The second-order valence-electron chi connectivity index (χ2n) is 5.12. The molecule has 0 aromatic heterocycles. The second kappa shape index (κ2) is 8.30. The Balaban J connectivity index is 2.17. The smallest absolute Gasteiger partial charge is 0.0208 e. The Morgan fingerprint density at radius 2 is 2.00 bits per heavy atom. The molecule has 1 aromatic rings. The van der Waals surface area contributed by atoms with E-state index < -0.39 is 0 Å². The Morgan fingerprint density at radius 3 is 2.71 bits per heavy atom. The van der Waals surface area contributed by atoms with Crippen molar-refractivity contribution < 1.29 is 0 Å².